The molecule has 1 aromatic rings. The minimum Gasteiger partial charge on any atom is -0.261 e. The van der Waals surface area contributed by atoms with Gasteiger partial charge in [-0.3, -0.25) is 4.31 Å². The Bertz CT molecular complexity index is 565. The van der Waals surface area contributed by atoms with Gasteiger partial charge in [0.05, 0.1) is 5.69 Å². The van der Waals surface area contributed by atoms with Crippen molar-refractivity contribution in [3.63, 3.8) is 0 Å². The molecule has 0 aromatic heterocycles. The largest absolute Gasteiger partial charge is 0.301 e. The predicted molar refractivity (Wildman–Crippen MR) is 84.9 cm³/mol. The lowest BCUT2D eigenvalue weighted by molar-refractivity contribution is 0.560. The van der Waals surface area contributed by atoms with Gasteiger partial charge in [-0.2, -0.15) is 13.1 Å². The Labute approximate surface area is 122 Å². The van der Waals surface area contributed by atoms with Gasteiger partial charge in [0, 0.05) is 13.1 Å². The molecular weight excluding hydrogens is 272 g/mol. The van der Waals surface area contributed by atoms with Crippen LogP contribution in [0.25, 0.3) is 0 Å². The van der Waals surface area contributed by atoms with Crippen LogP contribution in [0.3, 0.4) is 0 Å². The van der Waals surface area contributed by atoms with Crippen LogP contribution in [-0.2, 0) is 10.2 Å². The lowest BCUT2D eigenvalue weighted by Gasteiger charge is -2.24. The summed E-state index contributed by atoms with van der Waals surface area (Å²) in [5.74, 6) is 0. The highest BCUT2D eigenvalue weighted by Crippen LogP contribution is 2.16. The van der Waals surface area contributed by atoms with Crippen LogP contribution in [0.1, 0.15) is 20.3 Å². The zero-order valence-corrected chi connectivity index (χ0v) is 13.0. The van der Waals surface area contributed by atoms with Gasteiger partial charge in [-0.05, 0) is 25.5 Å². The molecule has 0 amide bonds. The first kappa shape index (κ1) is 16.5. The van der Waals surface area contributed by atoms with E-state index in [1.165, 1.54) is 11.4 Å². The second kappa shape index (κ2) is 7.26. The third-order valence-corrected chi connectivity index (χ3v) is 4.62. The van der Waals surface area contributed by atoms with Crippen molar-refractivity contribution in [1.29, 1.82) is 0 Å². The lowest BCUT2D eigenvalue weighted by atomic mass is 10.1. The van der Waals surface area contributed by atoms with Crippen molar-refractivity contribution in [3.8, 4) is 0 Å². The molecule has 0 aliphatic carbocycles. The molecule has 0 bridgehead atoms. The van der Waals surface area contributed by atoms with Gasteiger partial charge in [0.2, 0.25) is 0 Å². The fourth-order valence-corrected chi connectivity index (χ4v) is 3.11. The minimum absolute atomic E-state index is 0.232. The molecule has 0 radical (unpaired) electrons. The number of rotatable bonds is 7. The van der Waals surface area contributed by atoms with Crippen LogP contribution < -0.4 is 9.03 Å². The number of nitrogens with zero attached hydrogens (tertiary/aromatic N) is 1. The molecule has 110 valence electrons. The SMILES string of the molecule is C=CC=C(C)C(CC)NS(=O)(=O)N(C)c1ccccc1. The van der Waals surface area contributed by atoms with Crippen LogP contribution in [0, 0.1) is 0 Å². The molecule has 20 heavy (non-hydrogen) atoms. The van der Waals surface area contributed by atoms with Gasteiger partial charge in [0.1, 0.15) is 0 Å². The molecule has 0 saturated heterocycles. The van der Waals surface area contributed by atoms with Gasteiger partial charge < -0.3 is 0 Å². The number of benzene rings is 1. The van der Waals surface area contributed by atoms with Crippen molar-refractivity contribution < 1.29 is 8.42 Å². The number of nitrogens with one attached hydrogen (secondary N) is 1. The quantitative estimate of drug-likeness (QED) is 0.786. The fraction of sp³-hybridized carbons (Fsp3) is 0.333. The van der Waals surface area contributed by atoms with E-state index in [4.69, 9.17) is 0 Å². The van der Waals surface area contributed by atoms with Crippen LogP contribution >= 0.6 is 0 Å². The zero-order chi connectivity index (χ0) is 15.2. The molecule has 0 fully saturated rings. The van der Waals surface area contributed by atoms with E-state index in [0.29, 0.717) is 12.1 Å². The van der Waals surface area contributed by atoms with Gasteiger partial charge >= 0.3 is 10.2 Å². The van der Waals surface area contributed by atoms with Crippen molar-refractivity contribution >= 4 is 15.9 Å². The van der Waals surface area contributed by atoms with Gasteiger partial charge in [-0.15, -0.1) is 0 Å². The molecule has 0 heterocycles. The average molecular weight is 294 g/mol. The fourth-order valence-electron chi connectivity index (χ4n) is 1.84. The molecule has 0 spiro atoms. The zero-order valence-electron chi connectivity index (χ0n) is 12.2. The Morgan fingerprint density at radius 3 is 2.50 bits per heavy atom. The molecule has 1 aromatic carbocycles. The molecule has 1 unspecified atom stereocenters. The van der Waals surface area contributed by atoms with E-state index in [9.17, 15) is 8.42 Å². The van der Waals surface area contributed by atoms with Crippen LogP contribution in [0.4, 0.5) is 5.69 Å². The third kappa shape index (κ3) is 4.21. The van der Waals surface area contributed by atoms with Crippen molar-refractivity contribution in [2.24, 2.45) is 0 Å². The van der Waals surface area contributed by atoms with E-state index in [1.54, 1.807) is 18.2 Å². The van der Waals surface area contributed by atoms with E-state index < -0.39 is 10.2 Å². The normalized spacial score (nSPS) is 13.8. The Balaban J connectivity index is 2.94. The van der Waals surface area contributed by atoms with Crippen molar-refractivity contribution in [2.75, 3.05) is 11.4 Å². The van der Waals surface area contributed by atoms with Crippen molar-refractivity contribution in [1.82, 2.24) is 4.72 Å². The topological polar surface area (TPSA) is 49.4 Å². The maximum Gasteiger partial charge on any atom is 0.301 e. The molecule has 5 heteroatoms. The third-order valence-electron chi connectivity index (χ3n) is 3.11. The van der Waals surface area contributed by atoms with Crippen LogP contribution in [0.2, 0.25) is 0 Å². The number of hydrogen-bond donors (Lipinski definition) is 1. The van der Waals surface area contributed by atoms with Gasteiger partial charge in [0.15, 0.2) is 0 Å². The highest BCUT2D eigenvalue weighted by atomic mass is 32.2. The number of hydrogen-bond acceptors (Lipinski definition) is 2. The minimum atomic E-state index is -3.58. The standard InChI is InChI=1S/C15H22N2O2S/c1-5-10-13(3)15(6-2)16-20(18,19)17(4)14-11-8-7-9-12-14/h5,7-12,15-16H,1,6H2,2-4H3. The smallest absolute Gasteiger partial charge is 0.261 e. The van der Waals surface area contributed by atoms with Crippen molar-refractivity contribution in [3.05, 3.63) is 54.6 Å². The second-order valence-corrected chi connectivity index (χ2v) is 6.27. The number of allylic oxidation sites excluding steroid dienone is 2. The molecule has 4 nitrogen and oxygen atoms in total. The molecule has 0 aliphatic rings. The maximum atomic E-state index is 12.4. The van der Waals surface area contributed by atoms with E-state index in [2.05, 4.69) is 11.3 Å². The van der Waals surface area contributed by atoms with Gasteiger partial charge in [-0.25, -0.2) is 0 Å². The van der Waals surface area contributed by atoms with Gasteiger partial charge in [-0.1, -0.05) is 49.4 Å². The van der Waals surface area contributed by atoms with Crippen LogP contribution in [0.15, 0.2) is 54.6 Å². The monoisotopic (exact) mass is 294 g/mol. The highest BCUT2D eigenvalue weighted by molar-refractivity contribution is 7.90. The Hall–Kier alpha value is -1.59. The Morgan fingerprint density at radius 1 is 1.40 bits per heavy atom. The summed E-state index contributed by atoms with van der Waals surface area (Å²) >= 11 is 0. The average Bonchev–Trinajstić information content (AvgIpc) is 2.45. The van der Waals surface area contributed by atoms with Gasteiger partial charge in [0.25, 0.3) is 0 Å². The summed E-state index contributed by atoms with van der Waals surface area (Å²) < 4.78 is 28.7. The molecule has 0 aliphatic heterocycles. The number of para-hydroxylation sites is 1. The summed E-state index contributed by atoms with van der Waals surface area (Å²) in [7, 11) is -2.04. The summed E-state index contributed by atoms with van der Waals surface area (Å²) in [6, 6.07) is 8.75. The predicted octanol–water partition coefficient (Wildman–Crippen LogP) is 2.87. The van der Waals surface area contributed by atoms with E-state index in [0.717, 1.165) is 5.57 Å². The number of anilines is 1. The van der Waals surface area contributed by atoms with E-state index in [1.807, 2.05) is 38.1 Å². The first-order chi connectivity index (χ1) is 9.42. The first-order valence-electron chi connectivity index (χ1n) is 6.52. The van der Waals surface area contributed by atoms with Crippen molar-refractivity contribution in [2.45, 2.75) is 26.3 Å². The highest BCUT2D eigenvalue weighted by Gasteiger charge is 2.22. The Morgan fingerprint density at radius 2 is 2.00 bits per heavy atom. The molecule has 1 atom stereocenters. The summed E-state index contributed by atoms with van der Waals surface area (Å²) in [5.41, 5.74) is 1.56. The summed E-state index contributed by atoms with van der Waals surface area (Å²) in [4.78, 5) is 0. The van der Waals surface area contributed by atoms with Crippen LogP contribution in [-0.4, -0.2) is 21.5 Å². The Kier molecular flexibility index (Phi) is 5.98. The summed E-state index contributed by atoms with van der Waals surface area (Å²) in [6.07, 6.45) is 4.16. The molecule has 1 rings (SSSR count). The summed E-state index contributed by atoms with van der Waals surface area (Å²) in [6.45, 7) is 7.46. The lowest BCUT2D eigenvalue weighted by Crippen LogP contribution is -2.44. The van der Waals surface area contributed by atoms with E-state index >= 15 is 0 Å². The van der Waals surface area contributed by atoms with Crippen LogP contribution in [0.5, 0.6) is 0 Å². The molecule has 1 N–H and O–H groups in total. The molecule has 0 saturated carbocycles. The first-order valence-corrected chi connectivity index (χ1v) is 7.96. The van der Waals surface area contributed by atoms with E-state index in [-0.39, 0.29) is 6.04 Å². The second-order valence-electron chi connectivity index (χ2n) is 4.53. The molecular formula is C15H22N2O2S. The summed E-state index contributed by atoms with van der Waals surface area (Å²) in [5, 5.41) is 0. The maximum absolute atomic E-state index is 12.4.